The van der Waals surface area contributed by atoms with E-state index in [4.69, 9.17) is 0 Å². The number of nitrogens with one attached hydrogen (secondary N) is 1. The Morgan fingerprint density at radius 3 is 2.59 bits per heavy atom. The summed E-state index contributed by atoms with van der Waals surface area (Å²) in [5.74, 6) is -0.325. The highest BCUT2D eigenvalue weighted by molar-refractivity contribution is 7.86. The minimum absolute atomic E-state index is 0.109. The molecular weight excluding hydrogens is 242 g/mol. The molecule has 90 valence electrons. The van der Waals surface area contributed by atoms with E-state index in [2.05, 4.69) is 9.17 Å². The van der Waals surface area contributed by atoms with E-state index in [9.17, 15) is 13.2 Å². The van der Waals surface area contributed by atoms with Gasteiger partial charge in [0.05, 0.1) is 18.2 Å². The van der Waals surface area contributed by atoms with Crippen LogP contribution in [-0.4, -0.2) is 26.3 Å². The molecule has 1 heterocycles. The number of H-pyrrole nitrogens is 1. The van der Waals surface area contributed by atoms with Gasteiger partial charge in [-0.1, -0.05) is 6.07 Å². The molecule has 6 heteroatoms. The van der Waals surface area contributed by atoms with Gasteiger partial charge < -0.3 is 4.98 Å². The van der Waals surface area contributed by atoms with Crippen molar-refractivity contribution in [2.75, 3.05) is 7.11 Å². The van der Waals surface area contributed by atoms with Crippen LogP contribution in [0.4, 0.5) is 0 Å². The Morgan fingerprint density at radius 1 is 1.29 bits per heavy atom. The van der Waals surface area contributed by atoms with Crippen molar-refractivity contribution in [3.05, 3.63) is 30.0 Å². The summed E-state index contributed by atoms with van der Waals surface area (Å²) in [6.07, 6.45) is 1.65. The fourth-order valence-corrected chi connectivity index (χ4v) is 2.67. The van der Waals surface area contributed by atoms with E-state index >= 15 is 0 Å². The third-order valence-electron chi connectivity index (χ3n) is 2.53. The lowest BCUT2D eigenvalue weighted by Crippen LogP contribution is -2.09. The number of rotatable bonds is 3. The third-order valence-corrected chi connectivity index (χ3v) is 3.85. The lowest BCUT2D eigenvalue weighted by molar-refractivity contribution is 0.101. The standard InChI is InChI=1S/C11H11NO4S/c1-7(13)10-9(17(14,15)16-2)4-3-8-5-6-12-11(8)10/h3-6,12H,1-2H3. The first kappa shape index (κ1) is 11.8. The van der Waals surface area contributed by atoms with Gasteiger partial charge >= 0.3 is 0 Å². The molecule has 0 atom stereocenters. The quantitative estimate of drug-likeness (QED) is 0.667. The number of hydrogen-bond donors (Lipinski definition) is 1. The average molecular weight is 253 g/mol. The Bertz CT molecular complexity index is 685. The fraction of sp³-hybridized carbons (Fsp3) is 0.182. The van der Waals surface area contributed by atoms with Gasteiger partial charge in [-0.2, -0.15) is 8.42 Å². The van der Waals surface area contributed by atoms with Crippen LogP contribution in [0.25, 0.3) is 10.9 Å². The summed E-state index contributed by atoms with van der Waals surface area (Å²) < 4.78 is 27.9. The number of hydrogen-bond acceptors (Lipinski definition) is 4. The summed E-state index contributed by atoms with van der Waals surface area (Å²) in [6, 6.07) is 4.78. The summed E-state index contributed by atoms with van der Waals surface area (Å²) >= 11 is 0. The molecule has 0 bridgehead atoms. The second kappa shape index (κ2) is 3.97. The highest BCUT2D eigenvalue weighted by Gasteiger charge is 2.23. The number of aromatic nitrogens is 1. The highest BCUT2D eigenvalue weighted by Crippen LogP contribution is 2.26. The lowest BCUT2D eigenvalue weighted by Gasteiger charge is -2.07. The molecule has 0 spiro atoms. The number of carbonyl (C=O) groups excluding carboxylic acids is 1. The van der Waals surface area contributed by atoms with E-state index in [0.29, 0.717) is 5.52 Å². The zero-order valence-corrected chi connectivity index (χ0v) is 10.2. The molecule has 2 aromatic rings. The first-order valence-electron chi connectivity index (χ1n) is 4.89. The van der Waals surface area contributed by atoms with Crippen LogP contribution in [0.15, 0.2) is 29.3 Å². The van der Waals surface area contributed by atoms with Crippen molar-refractivity contribution in [2.24, 2.45) is 0 Å². The Morgan fingerprint density at radius 2 is 2.00 bits per heavy atom. The smallest absolute Gasteiger partial charge is 0.297 e. The molecule has 2 rings (SSSR count). The lowest BCUT2D eigenvalue weighted by atomic mass is 10.1. The number of aromatic amines is 1. The van der Waals surface area contributed by atoms with Gasteiger partial charge in [0.2, 0.25) is 0 Å². The molecule has 0 radical (unpaired) electrons. The number of Topliss-reactive ketones (excluding diaryl/α,β-unsaturated/α-hetero) is 1. The second-order valence-electron chi connectivity index (χ2n) is 3.56. The normalized spacial score (nSPS) is 11.9. The monoisotopic (exact) mass is 253 g/mol. The van der Waals surface area contributed by atoms with Gasteiger partial charge in [-0.05, 0) is 19.1 Å². The van der Waals surface area contributed by atoms with Gasteiger partial charge in [-0.25, -0.2) is 0 Å². The maximum Gasteiger partial charge on any atom is 0.297 e. The Labute approximate surface area is 98.5 Å². The van der Waals surface area contributed by atoms with Gasteiger partial charge in [-0.15, -0.1) is 0 Å². The molecule has 1 aromatic carbocycles. The van der Waals surface area contributed by atoms with Crippen molar-refractivity contribution < 1.29 is 17.4 Å². The maximum atomic E-state index is 11.7. The fourth-order valence-electron chi connectivity index (χ4n) is 1.76. The van der Waals surface area contributed by atoms with E-state index in [1.807, 2.05) is 0 Å². The molecule has 0 fully saturated rings. The Kier molecular flexibility index (Phi) is 2.76. The van der Waals surface area contributed by atoms with Crippen LogP contribution in [0.3, 0.4) is 0 Å². The highest BCUT2D eigenvalue weighted by atomic mass is 32.2. The summed E-state index contributed by atoms with van der Waals surface area (Å²) in [5.41, 5.74) is 0.643. The molecule has 1 aromatic heterocycles. The van der Waals surface area contributed by atoms with Gasteiger partial charge in [0.1, 0.15) is 4.90 Å². The summed E-state index contributed by atoms with van der Waals surface area (Å²) in [6.45, 7) is 1.32. The van der Waals surface area contributed by atoms with Crippen LogP contribution < -0.4 is 0 Å². The molecule has 0 saturated heterocycles. The van der Waals surface area contributed by atoms with Crippen LogP contribution in [0.1, 0.15) is 17.3 Å². The first-order valence-corrected chi connectivity index (χ1v) is 6.30. The van der Waals surface area contributed by atoms with Crippen molar-refractivity contribution in [3.8, 4) is 0 Å². The summed E-state index contributed by atoms with van der Waals surface area (Å²) in [4.78, 5) is 14.4. The second-order valence-corrected chi connectivity index (χ2v) is 5.24. The summed E-state index contributed by atoms with van der Waals surface area (Å²) in [5, 5.41) is 0.783. The predicted molar refractivity (Wildman–Crippen MR) is 62.5 cm³/mol. The predicted octanol–water partition coefficient (Wildman–Crippen LogP) is 1.71. The van der Waals surface area contributed by atoms with E-state index in [1.54, 1.807) is 18.3 Å². The van der Waals surface area contributed by atoms with Crippen LogP contribution >= 0.6 is 0 Å². The van der Waals surface area contributed by atoms with Crippen molar-refractivity contribution in [1.29, 1.82) is 0 Å². The minimum Gasteiger partial charge on any atom is -0.361 e. The zero-order chi connectivity index (χ0) is 12.6. The average Bonchev–Trinajstić information content (AvgIpc) is 2.75. The third kappa shape index (κ3) is 1.85. The Balaban J connectivity index is 2.89. The molecule has 17 heavy (non-hydrogen) atoms. The molecule has 1 N–H and O–H groups in total. The molecule has 0 aliphatic carbocycles. The minimum atomic E-state index is -3.88. The van der Waals surface area contributed by atoms with E-state index in [1.165, 1.54) is 13.0 Å². The van der Waals surface area contributed by atoms with Crippen LogP contribution in [0.5, 0.6) is 0 Å². The molecular formula is C11H11NO4S. The van der Waals surface area contributed by atoms with Crippen molar-refractivity contribution in [3.63, 3.8) is 0 Å². The van der Waals surface area contributed by atoms with Crippen LogP contribution in [0, 0.1) is 0 Å². The molecule has 0 aliphatic heterocycles. The Hall–Kier alpha value is -1.66. The van der Waals surface area contributed by atoms with Gasteiger partial charge in [-0.3, -0.25) is 8.98 Å². The topological polar surface area (TPSA) is 76.2 Å². The zero-order valence-electron chi connectivity index (χ0n) is 9.35. The number of ketones is 1. The molecule has 0 saturated carbocycles. The van der Waals surface area contributed by atoms with Gasteiger partial charge in [0.25, 0.3) is 10.1 Å². The van der Waals surface area contributed by atoms with Crippen molar-refractivity contribution >= 4 is 26.8 Å². The van der Waals surface area contributed by atoms with Crippen molar-refractivity contribution in [1.82, 2.24) is 4.98 Å². The van der Waals surface area contributed by atoms with Crippen LogP contribution in [-0.2, 0) is 14.3 Å². The summed E-state index contributed by atoms with van der Waals surface area (Å²) in [7, 11) is -2.82. The molecule has 0 unspecified atom stereocenters. The van der Waals surface area contributed by atoms with Crippen LogP contribution in [0.2, 0.25) is 0 Å². The van der Waals surface area contributed by atoms with E-state index in [-0.39, 0.29) is 16.2 Å². The van der Waals surface area contributed by atoms with E-state index < -0.39 is 10.1 Å². The first-order chi connectivity index (χ1) is 7.97. The largest absolute Gasteiger partial charge is 0.361 e. The SMILES string of the molecule is COS(=O)(=O)c1ccc2cc[nH]c2c1C(C)=O. The van der Waals surface area contributed by atoms with Crippen molar-refractivity contribution in [2.45, 2.75) is 11.8 Å². The van der Waals surface area contributed by atoms with E-state index in [0.717, 1.165) is 12.5 Å². The molecule has 0 aliphatic rings. The van der Waals surface area contributed by atoms with Gasteiger partial charge in [0, 0.05) is 11.6 Å². The van der Waals surface area contributed by atoms with Gasteiger partial charge in [0.15, 0.2) is 5.78 Å². The molecule has 5 nitrogen and oxygen atoms in total. The molecule has 0 amide bonds. The number of carbonyl (C=O) groups is 1. The number of fused-ring (bicyclic) bond motifs is 1. The number of benzene rings is 1. The maximum absolute atomic E-state index is 11.7.